The molecule has 4 nitrogen and oxygen atoms in total. The van der Waals surface area contributed by atoms with Gasteiger partial charge in [-0.2, -0.15) is 0 Å². The Morgan fingerprint density at radius 2 is 0.955 bits per heavy atom. The van der Waals surface area contributed by atoms with Crippen LogP contribution in [0.3, 0.4) is 0 Å². The summed E-state index contributed by atoms with van der Waals surface area (Å²) in [6.45, 7) is 23.5. The third-order valence-corrected chi connectivity index (χ3v) is 11.8. The molecule has 244 valence electrons. The summed E-state index contributed by atoms with van der Waals surface area (Å²) in [6.07, 6.45) is 7.12. The second kappa shape index (κ2) is 14.4. The van der Waals surface area contributed by atoms with Crippen molar-refractivity contribution in [1.82, 2.24) is 9.80 Å². The zero-order valence-electron chi connectivity index (χ0n) is 29.2. The minimum atomic E-state index is 0.349. The van der Waals surface area contributed by atoms with Gasteiger partial charge in [-0.1, -0.05) is 52.0 Å². The maximum atomic E-state index is 9.89. The van der Waals surface area contributed by atoms with Gasteiger partial charge < -0.3 is 10.2 Å². The molecule has 0 bridgehead atoms. The fourth-order valence-corrected chi connectivity index (χ4v) is 9.12. The zero-order valence-corrected chi connectivity index (χ0v) is 29.2. The summed E-state index contributed by atoms with van der Waals surface area (Å²) in [5.41, 5.74) is 11.8. The SMILES string of the molecule is Cc1cc2c(cc1C)C1CC(CO)C(CC(C)C)CN1CC2.Cc1cc2c(cc1C)[C@H]1C[C@@H](CO)[C@H](CC(C)C)CN1CC2. The van der Waals surface area contributed by atoms with Crippen LogP contribution in [0.5, 0.6) is 0 Å². The lowest BCUT2D eigenvalue weighted by Crippen LogP contribution is -2.47. The molecule has 4 aliphatic heterocycles. The van der Waals surface area contributed by atoms with Crippen LogP contribution in [0.4, 0.5) is 0 Å². The zero-order chi connectivity index (χ0) is 31.7. The third-order valence-electron chi connectivity index (χ3n) is 11.8. The first-order valence-corrected chi connectivity index (χ1v) is 17.9. The van der Waals surface area contributed by atoms with Crippen molar-refractivity contribution in [2.45, 2.75) is 106 Å². The Morgan fingerprint density at radius 3 is 1.30 bits per heavy atom. The van der Waals surface area contributed by atoms with E-state index in [4.69, 9.17) is 0 Å². The molecule has 2 aromatic carbocycles. The number of rotatable bonds is 6. The minimum Gasteiger partial charge on any atom is -0.396 e. The van der Waals surface area contributed by atoms with E-state index in [0.29, 0.717) is 49.0 Å². The third kappa shape index (κ3) is 7.30. The first-order chi connectivity index (χ1) is 21.0. The molecule has 2 fully saturated rings. The van der Waals surface area contributed by atoms with E-state index in [1.165, 1.54) is 85.2 Å². The number of aliphatic hydroxyl groups is 2. The maximum Gasteiger partial charge on any atom is 0.0463 e. The summed E-state index contributed by atoms with van der Waals surface area (Å²) in [7, 11) is 0. The van der Waals surface area contributed by atoms with E-state index in [-0.39, 0.29) is 0 Å². The Hall–Kier alpha value is -1.72. The highest BCUT2D eigenvalue weighted by Gasteiger charge is 2.40. The van der Waals surface area contributed by atoms with Gasteiger partial charge in [0.1, 0.15) is 0 Å². The van der Waals surface area contributed by atoms with Crippen LogP contribution < -0.4 is 0 Å². The lowest BCUT2D eigenvalue weighted by Gasteiger charge is -2.47. The van der Waals surface area contributed by atoms with Crippen molar-refractivity contribution in [2.75, 3.05) is 39.4 Å². The molecule has 0 aromatic heterocycles. The van der Waals surface area contributed by atoms with E-state index in [1.807, 2.05) is 0 Å². The molecule has 0 aliphatic carbocycles. The fraction of sp³-hybridized carbons (Fsp3) is 0.700. The van der Waals surface area contributed by atoms with Crippen molar-refractivity contribution in [3.63, 3.8) is 0 Å². The highest BCUT2D eigenvalue weighted by molar-refractivity contribution is 5.42. The second-order valence-electron chi connectivity index (χ2n) is 15.9. The lowest BCUT2D eigenvalue weighted by molar-refractivity contribution is 0.0188. The van der Waals surface area contributed by atoms with Gasteiger partial charge in [-0.05, 0) is 146 Å². The molecular formula is C40H62N2O2. The molecule has 4 heterocycles. The molecule has 0 radical (unpaired) electrons. The van der Waals surface area contributed by atoms with Gasteiger partial charge in [-0.3, -0.25) is 9.80 Å². The Bertz CT molecular complexity index is 1170. The molecule has 2 N–H and O–H groups in total. The molecular weight excluding hydrogens is 540 g/mol. The maximum absolute atomic E-state index is 9.89. The van der Waals surface area contributed by atoms with Gasteiger partial charge >= 0.3 is 0 Å². The standard InChI is InChI=1S/2C20H31NO/c2*1-13(2)7-17-11-21-6-5-16-8-14(3)15(4)9-19(16)20(21)10-18(17)12-22/h2*8-9,13,17-18,20,22H,5-7,10-12H2,1-4H3/t17-,18+,20-;/m1./s1. The van der Waals surface area contributed by atoms with Crippen LogP contribution in [0.15, 0.2) is 24.3 Å². The summed E-state index contributed by atoms with van der Waals surface area (Å²) < 4.78 is 0. The number of hydrogen-bond acceptors (Lipinski definition) is 4. The predicted octanol–water partition coefficient (Wildman–Crippen LogP) is 7.75. The Balaban J connectivity index is 0.000000175. The molecule has 0 saturated carbocycles. The van der Waals surface area contributed by atoms with E-state index >= 15 is 0 Å². The first kappa shape index (κ1) is 33.6. The van der Waals surface area contributed by atoms with Crippen molar-refractivity contribution >= 4 is 0 Å². The molecule has 0 spiro atoms. The van der Waals surface area contributed by atoms with Crippen LogP contribution in [-0.2, 0) is 12.8 Å². The van der Waals surface area contributed by atoms with E-state index in [2.05, 4.69) is 89.5 Å². The van der Waals surface area contributed by atoms with E-state index in [9.17, 15) is 10.2 Å². The summed E-state index contributed by atoms with van der Waals surface area (Å²) in [5, 5.41) is 19.8. The summed E-state index contributed by atoms with van der Waals surface area (Å²) in [6, 6.07) is 10.7. The van der Waals surface area contributed by atoms with Crippen LogP contribution >= 0.6 is 0 Å². The number of aryl methyl sites for hydroxylation is 4. The molecule has 44 heavy (non-hydrogen) atoms. The van der Waals surface area contributed by atoms with Crippen LogP contribution in [0.2, 0.25) is 0 Å². The quantitative estimate of drug-likeness (QED) is 0.355. The average molecular weight is 603 g/mol. The highest BCUT2D eigenvalue weighted by atomic mass is 16.3. The van der Waals surface area contributed by atoms with Crippen LogP contribution in [0.25, 0.3) is 0 Å². The van der Waals surface area contributed by atoms with Gasteiger partial charge in [-0.25, -0.2) is 0 Å². The minimum absolute atomic E-state index is 0.349. The van der Waals surface area contributed by atoms with Gasteiger partial charge in [0, 0.05) is 51.5 Å². The van der Waals surface area contributed by atoms with E-state index < -0.39 is 0 Å². The van der Waals surface area contributed by atoms with Gasteiger partial charge in [0.25, 0.3) is 0 Å². The molecule has 6 rings (SSSR count). The van der Waals surface area contributed by atoms with Gasteiger partial charge in [0.05, 0.1) is 0 Å². The largest absolute Gasteiger partial charge is 0.396 e. The first-order valence-electron chi connectivity index (χ1n) is 17.9. The molecule has 3 unspecified atom stereocenters. The van der Waals surface area contributed by atoms with Gasteiger partial charge in [-0.15, -0.1) is 0 Å². The number of piperidine rings is 2. The van der Waals surface area contributed by atoms with Crippen molar-refractivity contribution < 1.29 is 10.2 Å². The number of hydrogen-bond donors (Lipinski definition) is 2. The molecule has 0 amide bonds. The van der Waals surface area contributed by atoms with Crippen molar-refractivity contribution in [1.29, 1.82) is 0 Å². The summed E-state index contributed by atoms with van der Waals surface area (Å²) >= 11 is 0. The van der Waals surface area contributed by atoms with Crippen LogP contribution in [0, 0.1) is 63.2 Å². The van der Waals surface area contributed by atoms with Crippen LogP contribution in [-0.4, -0.2) is 59.4 Å². The Kier molecular flexibility index (Phi) is 11.0. The number of aliphatic hydroxyl groups excluding tert-OH is 2. The molecule has 2 saturated heterocycles. The highest BCUT2D eigenvalue weighted by Crippen LogP contribution is 2.44. The van der Waals surface area contributed by atoms with E-state index in [0.717, 1.165) is 24.7 Å². The molecule has 2 aromatic rings. The Labute approximate surface area is 269 Å². The number of nitrogens with zero attached hydrogens (tertiary/aromatic N) is 2. The fourth-order valence-electron chi connectivity index (χ4n) is 9.12. The van der Waals surface area contributed by atoms with Gasteiger partial charge in [0.2, 0.25) is 0 Å². The molecule has 4 heteroatoms. The van der Waals surface area contributed by atoms with Crippen molar-refractivity contribution in [2.24, 2.45) is 35.5 Å². The topological polar surface area (TPSA) is 46.9 Å². The number of benzene rings is 2. The van der Waals surface area contributed by atoms with Crippen molar-refractivity contribution in [3.05, 3.63) is 68.8 Å². The normalized spacial score (nSPS) is 28.5. The smallest absolute Gasteiger partial charge is 0.0463 e. The lowest BCUT2D eigenvalue weighted by atomic mass is 9.74. The summed E-state index contributed by atoms with van der Waals surface area (Å²) in [4.78, 5) is 5.38. The average Bonchev–Trinajstić information content (AvgIpc) is 2.97. The Morgan fingerprint density at radius 1 is 0.591 bits per heavy atom. The van der Waals surface area contributed by atoms with Crippen molar-refractivity contribution in [3.8, 4) is 0 Å². The second-order valence-corrected chi connectivity index (χ2v) is 15.9. The van der Waals surface area contributed by atoms with E-state index in [1.54, 1.807) is 11.1 Å². The van der Waals surface area contributed by atoms with Crippen LogP contribution in [0.1, 0.15) is 110 Å². The number of fused-ring (bicyclic) bond motifs is 6. The predicted molar refractivity (Wildman–Crippen MR) is 184 cm³/mol. The molecule has 4 aliphatic rings. The summed E-state index contributed by atoms with van der Waals surface area (Å²) in [5.74, 6) is 3.70. The monoisotopic (exact) mass is 602 g/mol. The van der Waals surface area contributed by atoms with Gasteiger partial charge in [0.15, 0.2) is 0 Å². The molecule has 6 atom stereocenters.